The first kappa shape index (κ1) is 28.8. The minimum absolute atomic E-state index is 0.00434. The zero-order chi connectivity index (χ0) is 25.4. The molecule has 0 saturated heterocycles. The number of allylic oxidation sites excluding steroid dienone is 1. The molecule has 1 aromatic rings. The number of carbonyl (C=O) groups excluding carboxylic acids is 1. The Morgan fingerprint density at radius 2 is 1.91 bits per heavy atom. The summed E-state index contributed by atoms with van der Waals surface area (Å²) in [5, 5.41) is 11.3. The van der Waals surface area contributed by atoms with Crippen LogP contribution >= 0.6 is 0 Å². The first-order valence-corrected chi connectivity index (χ1v) is 16.0. The van der Waals surface area contributed by atoms with Gasteiger partial charge in [0, 0.05) is 14.1 Å². The third kappa shape index (κ3) is 9.31. The standard InChI is InChI=1S/C29H49NO3Si/c1-28(2,3)34(6,7)33-26(18-12-11-16-24-14-9-8-10-15-24)20-19-25-17-13-21-29(32,22-25)23-27(31)30(4)5/h8-10,14-15,19-20,25-26,32H,11-13,16-18,21-23H2,1-7H3/b20-19+/t25-,26?,29-/m1/s1. The molecule has 1 aromatic carbocycles. The van der Waals surface area contributed by atoms with Crippen molar-refractivity contribution in [3.8, 4) is 0 Å². The molecular weight excluding hydrogens is 438 g/mol. The Labute approximate surface area is 209 Å². The van der Waals surface area contributed by atoms with Crippen LogP contribution in [-0.4, -0.2) is 50.0 Å². The molecule has 0 heterocycles. The molecule has 1 fully saturated rings. The van der Waals surface area contributed by atoms with Gasteiger partial charge < -0.3 is 14.4 Å². The molecule has 0 bridgehead atoms. The highest BCUT2D eigenvalue weighted by Crippen LogP contribution is 2.39. The quantitative estimate of drug-likeness (QED) is 0.213. The van der Waals surface area contributed by atoms with Crippen molar-refractivity contribution in [2.45, 2.75) is 108 Å². The van der Waals surface area contributed by atoms with Gasteiger partial charge in [-0.1, -0.05) is 69.7 Å². The fraction of sp³-hybridized carbons (Fsp3) is 0.690. The van der Waals surface area contributed by atoms with Crippen LogP contribution < -0.4 is 0 Å². The third-order valence-electron chi connectivity index (χ3n) is 7.74. The lowest BCUT2D eigenvalue weighted by molar-refractivity contribution is -0.135. The molecule has 0 spiro atoms. The highest BCUT2D eigenvalue weighted by molar-refractivity contribution is 6.74. The van der Waals surface area contributed by atoms with Gasteiger partial charge in [-0.15, -0.1) is 0 Å². The number of carbonyl (C=O) groups is 1. The smallest absolute Gasteiger partial charge is 0.224 e. The van der Waals surface area contributed by atoms with Crippen LogP contribution in [0.5, 0.6) is 0 Å². The molecule has 34 heavy (non-hydrogen) atoms. The van der Waals surface area contributed by atoms with E-state index in [9.17, 15) is 9.90 Å². The maximum absolute atomic E-state index is 12.2. The molecule has 2 rings (SSSR count). The van der Waals surface area contributed by atoms with Crippen LogP contribution in [0.2, 0.25) is 18.1 Å². The van der Waals surface area contributed by atoms with E-state index in [0.29, 0.717) is 18.8 Å². The van der Waals surface area contributed by atoms with Gasteiger partial charge in [0.25, 0.3) is 0 Å². The highest BCUT2D eigenvalue weighted by Gasteiger charge is 2.39. The van der Waals surface area contributed by atoms with E-state index in [1.165, 1.54) is 5.56 Å². The lowest BCUT2D eigenvalue weighted by atomic mass is 9.76. The average Bonchev–Trinajstić information content (AvgIpc) is 2.74. The number of hydrogen-bond donors (Lipinski definition) is 1. The van der Waals surface area contributed by atoms with Crippen molar-refractivity contribution >= 4 is 14.2 Å². The molecule has 5 heteroatoms. The normalized spacial score (nSPS) is 22.6. The minimum atomic E-state index is -1.89. The van der Waals surface area contributed by atoms with Crippen LogP contribution in [0.1, 0.15) is 77.7 Å². The third-order valence-corrected chi connectivity index (χ3v) is 12.2. The first-order valence-electron chi connectivity index (χ1n) is 13.1. The summed E-state index contributed by atoms with van der Waals surface area (Å²) in [5.41, 5.74) is 0.508. The molecule has 3 atom stereocenters. The van der Waals surface area contributed by atoms with E-state index in [2.05, 4.69) is 76.3 Å². The molecule has 1 N–H and O–H groups in total. The molecule has 0 aromatic heterocycles. The summed E-state index contributed by atoms with van der Waals surface area (Å²) in [7, 11) is 1.62. The van der Waals surface area contributed by atoms with Gasteiger partial charge in [-0.2, -0.15) is 0 Å². The number of unbranched alkanes of at least 4 members (excludes halogenated alkanes) is 1. The maximum atomic E-state index is 12.2. The van der Waals surface area contributed by atoms with Crippen LogP contribution in [-0.2, 0) is 15.6 Å². The molecule has 1 aliphatic rings. The second kappa shape index (κ2) is 12.5. The van der Waals surface area contributed by atoms with Gasteiger partial charge in [0.15, 0.2) is 8.32 Å². The molecular formula is C29H49NO3Si. The Bertz CT molecular complexity index is 784. The average molecular weight is 488 g/mol. The fourth-order valence-electron chi connectivity index (χ4n) is 4.50. The fourth-order valence-corrected chi connectivity index (χ4v) is 5.81. The second-order valence-corrected chi connectivity index (χ2v) is 16.8. The van der Waals surface area contributed by atoms with Gasteiger partial charge >= 0.3 is 0 Å². The topological polar surface area (TPSA) is 49.8 Å². The Balaban J connectivity index is 2.01. The summed E-state index contributed by atoms with van der Waals surface area (Å²) in [6, 6.07) is 10.7. The van der Waals surface area contributed by atoms with Crippen LogP contribution in [0.15, 0.2) is 42.5 Å². The summed E-state index contributed by atoms with van der Waals surface area (Å²) in [5.74, 6) is 0.299. The van der Waals surface area contributed by atoms with Crippen molar-refractivity contribution in [3.63, 3.8) is 0 Å². The SMILES string of the molecule is CN(C)C(=O)C[C@@]1(O)CCC[C@H](/C=C/C(CCCCc2ccccc2)O[Si](C)(C)C(C)(C)C)C1. The number of hydrogen-bond acceptors (Lipinski definition) is 3. The number of amides is 1. The van der Waals surface area contributed by atoms with Crippen molar-refractivity contribution < 1.29 is 14.3 Å². The van der Waals surface area contributed by atoms with Crippen molar-refractivity contribution in [1.29, 1.82) is 0 Å². The monoisotopic (exact) mass is 487 g/mol. The summed E-state index contributed by atoms with van der Waals surface area (Å²) in [6.45, 7) is 11.5. The number of benzene rings is 1. The number of rotatable bonds is 11. The predicted octanol–water partition coefficient (Wildman–Crippen LogP) is 6.75. The number of aryl methyl sites for hydroxylation is 1. The van der Waals surface area contributed by atoms with E-state index in [0.717, 1.165) is 38.5 Å². The van der Waals surface area contributed by atoms with Crippen LogP contribution in [0.4, 0.5) is 0 Å². The molecule has 1 amide bonds. The number of aliphatic hydroxyl groups is 1. The zero-order valence-corrected chi connectivity index (χ0v) is 23.8. The van der Waals surface area contributed by atoms with Gasteiger partial charge in [0.05, 0.1) is 18.1 Å². The van der Waals surface area contributed by atoms with E-state index in [1.54, 1.807) is 19.0 Å². The summed E-state index contributed by atoms with van der Waals surface area (Å²) < 4.78 is 6.82. The second-order valence-electron chi connectivity index (χ2n) is 12.1. The van der Waals surface area contributed by atoms with Gasteiger partial charge in [0.2, 0.25) is 5.91 Å². The molecule has 0 aliphatic heterocycles. The molecule has 1 aliphatic carbocycles. The zero-order valence-electron chi connectivity index (χ0n) is 22.8. The van der Waals surface area contributed by atoms with Crippen LogP contribution in [0, 0.1) is 5.92 Å². The Morgan fingerprint density at radius 1 is 1.24 bits per heavy atom. The predicted molar refractivity (Wildman–Crippen MR) is 145 cm³/mol. The Kier molecular flexibility index (Phi) is 10.6. The van der Waals surface area contributed by atoms with E-state index in [-0.39, 0.29) is 23.5 Å². The molecule has 0 radical (unpaired) electrons. The van der Waals surface area contributed by atoms with Gasteiger partial charge in [-0.3, -0.25) is 4.79 Å². The largest absolute Gasteiger partial charge is 0.411 e. The lowest BCUT2D eigenvalue weighted by Crippen LogP contribution is -2.43. The Morgan fingerprint density at radius 3 is 2.53 bits per heavy atom. The van der Waals surface area contributed by atoms with Crippen molar-refractivity contribution in [3.05, 3.63) is 48.0 Å². The minimum Gasteiger partial charge on any atom is -0.411 e. The van der Waals surface area contributed by atoms with Gasteiger partial charge in [-0.05, 0) is 74.6 Å². The summed E-state index contributed by atoms with van der Waals surface area (Å²) >= 11 is 0. The number of nitrogens with zero attached hydrogens (tertiary/aromatic N) is 1. The maximum Gasteiger partial charge on any atom is 0.224 e. The van der Waals surface area contributed by atoms with Crippen LogP contribution in [0.3, 0.4) is 0 Å². The van der Waals surface area contributed by atoms with E-state index < -0.39 is 13.9 Å². The molecule has 1 saturated carbocycles. The van der Waals surface area contributed by atoms with Gasteiger partial charge in [0.1, 0.15) is 0 Å². The van der Waals surface area contributed by atoms with E-state index >= 15 is 0 Å². The Hall–Kier alpha value is -1.43. The van der Waals surface area contributed by atoms with Crippen LogP contribution in [0.25, 0.3) is 0 Å². The first-order chi connectivity index (χ1) is 15.8. The van der Waals surface area contributed by atoms with Crippen molar-refractivity contribution in [2.24, 2.45) is 5.92 Å². The summed E-state index contributed by atoms with van der Waals surface area (Å²) in [6.07, 6.45) is 12.7. The summed E-state index contributed by atoms with van der Waals surface area (Å²) in [4.78, 5) is 13.8. The van der Waals surface area contributed by atoms with Crippen molar-refractivity contribution in [2.75, 3.05) is 14.1 Å². The van der Waals surface area contributed by atoms with Gasteiger partial charge in [-0.25, -0.2) is 0 Å². The van der Waals surface area contributed by atoms with Crippen molar-refractivity contribution in [1.82, 2.24) is 4.90 Å². The highest BCUT2D eigenvalue weighted by atomic mass is 28.4. The van der Waals surface area contributed by atoms with E-state index in [4.69, 9.17) is 4.43 Å². The molecule has 1 unspecified atom stereocenters. The molecule has 192 valence electrons. The lowest BCUT2D eigenvalue weighted by Gasteiger charge is -2.39. The molecule has 4 nitrogen and oxygen atoms in total. The van der Waals surface area contributed by atoms with E-state index in [1.807, 2.05) is 0 Å².